The number of sulfone groups is 1. The zero-order valence-corrected chi connectivity index (χ0v) is 16.5. The van der Waals surface area contributed by atoms with Gasteiger partial charge in [0.1, 0.15) is 0 Å². The van der Waals surface area contributed by atoms with E-state index in [-0.39, 0.29) is 22.3 Å². The first-order chi connectivity index (χ1) is 13.1. The van der Waals surface area contributed by atoms with Crippen LogP contribution in [0.25, 0.3) is 0 Å². The second-order valence-electron chi connectivity index (χ2n) is 6.02. The van der Waals surface area contributed by atoms with Crippen LogP contribution in [0, 0.1) is 0 Å². The lowest BCUT2D eigenvalue weighted by Gasteiger charge is -2.14. The first kappa shape index (κ1) is 20.0. The second-order valence-corrected chi connectivity index (χ2v) is 8.44. The van der Waals surface area contributed by atoms with Gasteiger partial charge in [0, 0.05) is 18.0 Å². The molecule has 10 heteroatoms. The highest BCUT2D eigenvalue weighted by Crippen LogP contribution is 2.34. The van der Waals surface area contributed by atoms with E-state index in [1.807, 2.05) is 0 Å². The predicted octanol–water partition coefficient (Wildman–Crippen LogP) is 2.66. The quantitative estimate of drug-likeness (QED) is 0.733. The highest BCUT2D eigenvalue weighted by atomic mass is 35.5. The summed E-state index contributed by atoms with van der Waals surface area (Å²) in [6.07, 6.45) is -0.150. The molecule has 2 aromatic carbocycles. The molecule has 28 heavy (non-hydrogen) atoms. The summed E-state index contributed by atoms with van der Waals surface area (Å²) >= 11 is 5.97. The van der Waals surface area contributed by atoms with Crippen LogP contribution in [-0.4, -0.2) is 39.4 Å². The molecule has 148 valence electrons. The fourth-order valence-corrected chi connectivity index (χ4v) is 3.23. The molecule has 1 aliphatic rings. The van der Waals surface area contributed by atoms with Crippen LogP contribution >= 0.6 is 11.6 Å². The minimum Gasteiger partial charge on any atom is -0.454 e. The minimum absolute atomic E-state index is 0.0146. The summed E-state index contributed by atoms with van der Waals surface area (Å²) in [4.78, 5) is 24.6. The fourth-order valence-electron chi connectivity index (χ4n) is 2.39. The van der Waals surface area contributed by atoms with Crippen molar-refractivity contribution in [2.75, 3.05) is 18.4 Å². The fraction of sp³-hybridized carbons (Fsp3) is 0.222. The topological polar surface area (TPSA) is 108 Å². The number of rotatable bonds is 5. The van der Waals surface area contributed by atoms with E-state index in [1.165, 1.54) is 19.1 Å². The molecule has 1 atom stereocenters. The van der Waals surface area contributed by atoms with Crippen molar-refractivity contribution >= 4 is 39.0 Å². The van der Waals surface area contributed by atoms with E-state index in [2.05, 4.69) is 5.32 Å². The summed E-state index contributed by atoms with van der Waals surface area (Å²) < 4.78 is 38.9. The molecule has 0 fully saturated rings. The van der Waals surface area contributed by atoms with E-state index in [9.17, 15) is 18.0 Å². The lowest BCUT2D eigenvalue weighted by atomic mass is 10.2. The maximum atomic E-state index is 12.3. The molecule has 0 bridgehead atoms. The monoisotopic (exact) mass is 425 g/mol. The number of benzene rings is 2. The maximum Gasteiger partial charge on any atom is 0.340 e. The summed E-state index contributed by atoms with van der Waals surface area (Å²) in [7, 11) is -3.53. The number of amides is 1. The van der Waals surface area contributed by atoms with E-state index in [0.29, 0.717) is 17.2 Å². The minimum atomic E-state index is -3.53. The smallest absolute Gasteiger partial charge is 0.340 e. The van der Waals surface area contributed by atoms with Crippen LogP contribution in [0.2, 0.25) is 5.02 Å². The maximum absolute atomic E-state index is 12.3. The molecule has 8 nitrogen and oxygen atoms in total. The summed E-state index contributed by atoms with van der Waals surface area (Å²) in [5.74, 6) is -0.434. The molecule has 0 radical (unpaired) electrons. The van der Waals surface area contributed by atoms with Gasteiger partial charge in [-0.25, -0.2) is 13.2 Å². The van der Waals surface area contributed by atoms with E-state index in [4.69, 9.17) is 25.8 Å². The van der Waals surface area contributed by atoms with E-state index in [0.717, 1.165) is 12.3 Å². The number of carbonyl (C=O) groups excluding carboxylic acids is 2. The first-order valence-corrected chi connectivity index (χ1v) is 10.3. The molecule has 2 aromatic rings. The van der Waals surface area contributed by atoms with Crippen LogP contribution in [0.15, 0.2) is 41.3 Å². The van der Waals surface area contributed by atoms with Gasteiger partial charge in [-0.3, -0.25) is 4.79 Å². The largest absolute Gasteiger partial charge is 0.454 e. The number of esters is 1. The Hall–Kier alpha value is -2.78. The number of anilines is 1. The first-order valence-electron chi connectivity index (χ1n) is 8.06. The van der Waals surface area contributed by atoms with Gasteiger partial charge in [-0.05, 0) is 37.3 Å². The zero-order chi connectivity index (χ0) is 20.5. The average Bonchev–Trinajstić information content (AvgIpc) is 3.08. The molecule has 0 spiro atoms. The van der Waals surface area contributed by atoms with Crippen LogP contribution < -0.4 is 14.8 Å². The SMILES string of the molecule is C[C@@H](OC(=O)c1cc(S(C)(=O)=O)ccc1Cl)C(=O)Nc1ccc2c(c1)OCO2. The number of hydrogen-bond donors (Lipinski definition) is 1. The molecule has 0 saturated heterocycles. The second kappa shape index (κ2) is 7.69. The molecule has 0 aliphatic carbocycles. The van der Waals surface area contributed by atoms with E-state index < -0.39 is 27.8 Å². The number of ether oxygens (including phenoxy) is 3. The molecule has 0 unspecified atom stereocenters. The third-order valence-corrected chi connectivity index (χ3v) is 5.32. The van der Waals surface area contributed by atoms with Crippen molar-refractivity contribution in [3.8, 4) is 11.5 Å². The molecular weight excluding hydrogens is 410 g/mol. The normalized spacial score (nSPS) is 13.7. The van der Waals surface area contributed by atoms with Crippen molar-refractivity contribution in [3.63, 3.8) is 0 Å². The number of carbonyl (C=O) groups is 2. The lowest BCUT2D eigenvalue weighted by Crippen LogP contribution is -2.30. The van der Waals surface area contributed by atoms with Gasteiger partial charge in [0.2, 0.25) is 6.79 Å². The van der Waals surface area contributed by atoms with Gasteiger partial charge in [-0.2, -0.15) is 0 Å². The van der Waals surface area contributed by atoms with Gasteiger partial charge >= 0.3 is 5.97 Å². The van der Waals surface area contributed by atoms with Crippen molar-refractivity contribution in [3.05, 3.63) is 47.0 Å². The van der Waals surface area contributed by atoms with Crippen molar-refractivity contribution in [1.82, 2.24) is 0 Å². The van der Waals surface area contributed by atoms with Crippen molar-refractivity contribution in [2.24, 2.45) is 0 Å². The van der Waals surface area contributed by atoms with Gasteiger partial charge in [0.05, 0.1) is 15.5 Å². The third-order valence-electron chi connectivity index (χ3n) is 3.88. The molecule has 1 N–H and O–H groups in total. The summed E-state index contributed by atoms with van der Waals surface area (Å²) in [6.45, 7) is 1.49. The van der Waals surface area contributed by atoms with Crippen LogP contribution in [0.1, 0.15) is 17.3 Å². The van der Waals surface area contributed by atoms with Crippen molar-refractivity contribution in [2.45, 2.75) is 17.9 Å². The van der Waals surface area contributed by atoms with Crippen LogP contribution in [-0.2, 0) is 19.4 Å². The molecule has 0 saturated carbocycles. The van der Waals surface area contributed by atoms with E-state index >= 15 is 0 Å². The standard InChI is InChI=1S/C18H16ClNO7S/c1-10(17(21)20-11-3-6-15-16(7-11)26-9-25-15)27-18(22)13-8-12(28(2,23)24)4-5-14(13)19/h3-8,10H,9H2,1-2H3,(H,20,21)/t10-/m1/s1. The highest BCUT2D eigenvalue weighted by molar-refractivity contribution is 7.90. The third kappa shape index (κ3) is 4.37. The number of nitrogens with one attached hydrogen (secondary N) is 1. The van der Waals surface area contributed by atoms with Gasteiger partial charge in [0.25, 0.3) is 5.91 Å². The Kier molecular flexibility index (Phi) is 5.48. The van der Waals surface area contributed by atoms with Crippen LogP contribution in [0.5, 0.6) is 11.5 Å². The summed E-state index contributed by atoms with van der Waals surface area (Å²) in [5.41, 5.74) is 0.293. The van der Waals surface area contributed by atoms with Crippen molar-refractivity contribution in [1.29, 1.82) is 0 Å². The summed E-state index contributed by atoms with van der Waals surface area (Å²) in [6, 6.07) is 8.53. The number of halogens is 1. The Morgan fingerprint density at radius 3 is 2.57 bits per heavy atom. The number of hydrogen-bond acceptors (Lipinski definition) is 7. The van der Waals surface area contributed by atoms with Crippen LogP contribution in [0.3, 0.4) is 0 Å². The predicted molar refractivity (Wildman–Crippen MR) is 101 cm³/mol. The highest BCUT2D eigenvalue weighted by Gasteiger charge is 2.23. The lowest BCUT2D eigenvalue weighted by molar-refractivity contribution is -0.123. The Labute approximate surface area is 166 Å². The number of fused-ring (bicyclic) bond motifs is 1. The van der Waals surface area contributed by atoms with E-state index in [1.54, 1.807) is 18.2 Å². The van der Waals surface area contributed by atoms with Crippen molar-refractivity contribution < 1.29 is 32.2 Å². The Bertz CT molecular complexity index is 1050. The zero-order valence-electron chi connectivity index (χ0n) is 14.9. The summed E-state index contributed by atoms with van der Waals surface area (Å²) in [5, 5.41) is 2.61. The molecule has 1 heterocycles. The van der Waals surface area contributed by atoms with Gasteiger partial charge in [-0.15, -0.1) is 0 Å². The molecular formula is C18H16ClNO7S. The van der Waals surface area contributed by atoms with Crippen LogP contribution in [0.4, 0.5) is 5.69 Å². The van der Waals surface area contributed by atoms with Gasteiger partial charge in [-0.1, -0.05) is 11.6 Å². The van der Waals surface area contributed by atoms with Gasteiger partial charge < -0.3 is 19.5 Å². The molecule has 3 rings (SSSR count). The Balaban J connectivity index is 1.69. The Morgan fingerprint density at radius 1 is 1.14 bits per heavy atom. The molecule has 1 aliphatic heterocycles. The average molecular weight is 426 g/mol. The molecule has 1 amide bonds. The Morgan fingerprint density at radius 2 is 1.86 bits per heavy atom. The molecule has 0 aromatic heterocycles. The van der Waals surface area contributed by atoms with Gasteiger partial charge in [0.15, 0.2) is 27.4 Å².